The highest BCUT2D eigenvalue weighted by atomic mass is 35.5. The average Bonchev–Trinajstić information content (AvgIpc) is 3.46. The number of hydrogen-bond donors (Lipinski definition) is 1. The lowest BCUT2D eigenvalue weighted by Gasteiger charge is -2.35. The lowest BCUT2D eigenvalue weighted by Crippen LogP contribution is -2.39. The first kappa shape index (κ1) is 22.5. The molecule has 0 spiro atoms. The van der Waals surface area contributed by atoms with Crippen molar-refractivity contribution in [1.82, 2.24) is 14.5 Å². The Bertz CT molecular complexity index is 1460. The van der Waals surface area contributed by atoms with Gasteiger partial charge in [0.15, 0.2) is 0 Å². The van der Waals surface area contributed by atoms with Gasteiger partial charge in [0, 0.05) is 72.9 Å². The summed E-state index contributed by atoms with van der Waals surface area (Å²) < 4.78 is 34.7. The summed E-state index contributed by atoms with van der Waals surface area (Å²) in [6, 6.07) is 13.7. The Morgan fingerprint density at radius 1 is 1.09 bits per heavy atom. The number of methoxy groups -OCH3 is 1. The zero-order valence-electron chi connectivity index (χ0n) is 18.7. The summed E-state index contributed by atoms with van der Waals surface area (Å²) in [5.41, 5.74) is 4.70. The van der Waals surface area contributed by atoms with Gasteiger partial charge in [0.25, 0.3) is 0 Å². The van der Waals surface area contributed by atoms with Crippen molar-refractivity contribution in [1.29, 1.82) is 0 Å². The molecule has 6 rings (SSSR count). The molecule has 2 unspecified atom stereocenters. The standard InChI is InChI=1S/C25H27N3O3S.ClH/c1-27-22-8-5-19(32(29,30)18-4-6-21-16(13-18)9-10-26-21)15-20(22)25-23-7-3-17(14-24(25)27)28(23)11-12-31-2;/h4-6,8-10,13,15,17,23,26H,3,7,11-12,14H2,1-2H3;1H. The van der Waals surface area contributed by atoms with Gasteiger partial charge in [0.1, 0.15) is 0 Å². The molecule has 4 heterocycles. The summed E-state index contributed by atoms with van der Waals surface area (Å²) in [5, 5.41) is 1.97. The molecule has 0 saturated carbocycles. The molecule has 1 fully saturated rings. The lowest BCUT2D eigenvalue weighted by molar-refractivity contribution is 0.109. The van der Waals surface area contributed by atoms with Crippen molar-refractivity contribution in [2.45, 2.75) is 41.1 Å². The monoisotopic (exact) mass is 485 g/mol. The number of H-pyrrole nitrogens is 1. The Labute approximate surface area is 199 Å². The van der Waals surface area contributed by atoms with Gasteiger partial charge >= 0.3 is 0 Å². The highest BCUT2D eigenvalue weighted by molar-refractivity contribution is 7.91. The largest absolute Gasteiger partial charge is 0.383 e. The molecule has 6 nitrogen and oxygen atoms in total. The van der Waals surface area contributed by atoms with E-state index in [9.17, 15) is 8.42 Å². The molecule has 174 valence electrons. The minimum Gasteiger partial charge on any atom is -0.383 e. The topological polar surface area (TPSA) is 67.3 Å². The molecule has 2 aromatic heterocycles. The van der Waals surface area contributed by atoms with Gasteiger partial charge in [0.2, 0.25) is 9.84 Å². The Hall–Kier alpha value is -2.32. The third kappa shape index (κ3) is 3.33. The normalized spacial score (nSPS) is 20.3. The van der Waals surface area contributed by atoms with Gasteiger partial charge in [-0.1, -0.05) is 0 Å². The zero-order valence-corrected chi connectivity index (χ0v) is 20.4. The van der Waals surface area contributed by atoms with Crippen molar-refractivity contribution < 1.29 is 13.2 Å². The minimum atomic E-state index is -3.62. The smallest absolute Gasteiger partial charge is 0.206 e. The van der Waals surface area contributed by atoms with E-state index in [-0.39, 0.29) is 12.4 Å². The molecule has 1 saturated heterocycles. The van der Waals surface area contributed by atoms with Crippen molar-refractivity contribution in [3.8, 4) is 0 Å². The highest BCUT2D eigenvalue weighted by Gasteiger charge is 2.42. The van der Waals surface area contributed by atoms with Crippen LogP contribution in [0.15, 0.2) is 58.5 Å². The van der Waals surface area contributed by atoms with Gasteiger partial charge < -0.3 is 14.3 Å². The van der Waals surface area contributed by atoms with Crippen molar-refractivity contribution in [2.75, 3.05) is 20.3 Å². The van der Waals surface area contributed by atoms with Crippen molar-refractivity contribution >= 4 is 44.1 Å². The van der Waals surface area contributed by atoms with E-state index in [0.717, 1.165) is 41.2 Å². The molecule has 0 radical (unpaired) electrons. The number of aryl methyl sites for hydroxylation is 1. The maximum Gasteiger partial charge on any atom is 0.206 e. The quantitative estimate of drug-likeness (QED) is 0.448. The summed E-state index contributed by atoms with van der Waals surface area (Å²) in [6.45, 7) is 1.63. The fourth-order valence-corrected chi connectivity index (χ4v) is 7.17. The van der Waals surface area contributed by atoms with E-state index in [0.29, 0.717) is 28.5 Å². The average molecular weight is 486 g/mol. The Balaban J connectivity index is 0.00000228. The van der Waals surface area contributed by atoms with Gasteiger partial charge in [-0.15, -0.1) is 12.4 Å². The summed E-state index contributed by atoms with van der Waals surface area (Å²) in [5.74, 6) is 0. The summed E-state index contributed by atoms with van der Waals surface area (Å²) in [6.07, 6.45) is 5.13. The van der Waals surface area contributed by atoms with Crippen LogP contribution in [0.1, 0.15) is 30.1 Å². The number of sulfone groups is 1. The van der Waals surface area contributed by atoms with Crippen molar-refractivity contribution in [3.05, 3.63) is 59.9 Å². The van der Waals surface area contributed by atoms with Crippen LogP contribution < -0.4 is 0 Å². The number of fused-ring (bicyclic) bond motifs is 7. The molecule has 0 amide bonds. The number of rotatable bonds is 5. The second-order valence-corrected chi connectivity index (χ2v) is 11.0. The van der Waals surface area contributed by atoms with Crippen LogP contribution in [0.2, 0.25) is 0 Å². The summed E-state index contributed by atoms with van der Waals surface area (Å²) in [4.78, 5) is 6.37. The molecule has 1 N–H and O–H groups in total. The SMILES string of the molecule is COCCN1C2CCC1c1c(n(C)c3ccc(S(=O)(=O)c4ccc5[nH]ccc5c4)cc13)C2.Cl. The van der Waals surface area contributed by atoms with Gasteiger partial charge in [-0.05, 0) is 60.9 Å². The van der Waals surface area contributed by atoms with Crippen LogP contribution in [0.25, 0.3) is 21.8 Å². The number of benzene rings is 2. The third-order valence-corrected chi connectivity index (χ3v) is 9.19. The Morgan fingerprint density at radius 3 is 2.70 bits per heavy atom. The van der Waals surface area contributed by atoms with E-state index in [2.05, 4.69) is 21.5 Å². The lowest BCUT2D eigenvalue weighted by atomic mass is 9.97. The van der Waals surface area contributed by atoms with E-state index in [1.807, 2.05) is 30.5 Å². The summed E-state index contributed by atoms with van der Waals surface area (Å²) >= 11 is 0. The molecule has 2 bridgehead atoms. The second kappa shape index (κ2) is 8.17. The Morgan fingerprint density at radius 2 is 1.88 bits per heavy atom. The van der Waals surface area contributed by atoms with Gasteiger partial charge in [-0.3, -0.25) is 4.90 Å². The number of hydrogen-bond acceptors (Lipinski definition) is 4. The first-order chi connectivity index (χ1) is 15.5. The number of aromatic amines is 1. The second-order valence-electron chi connectivity index (χ2n) is 9.01. The number of aromatic nitrogens is 2. The van der Waals surface area contributed by atoms with Crippen LogP contribution >= 0.6 is 12.4 Å². The number of halogens is 1. The highest BCUT2D eigenvalue weighted by Crippen LogP contribution is 2.47. The van der Waals surface area contributed by atoms with Crippen LogP contribution in [-0.2, 0) is 28.0 Å². The molecule has 0 aliphatic carbocycles. The molecule has 2 aliphatic rings. The zero-order chi connectivity index (χ0) is 22.0. The number of nitrogens with one attached hydrogen (secondary N) is 1. The first-order valence-corrected chi connectivity index (χ1v) is 12.7. The predicted molar refractivity (Wildman–Crippen MR) is 132 cm³/mol. The third-order valence-electron chi connectivity index (χ3n) is 7.44. The van der Waals surface area contributed by atoms with Crippen LogP contribution in [0, 0.1) is 0 Å². The molecule has 2 aromatic carbocycles. The van der Waals surface area contributed by atoms with Gasteiger partial charge in [0.05, 0.1) is 16.4 Å². The summed E-state index contributed by atoms with van der Waals surface area (Å²) in [7, 11) is 0.242. The van der Waals surface area contributed by atoms with E-state index in [1.165, 1.54) is 17.7 Å². The first-order valence-electron chi connectivity index (χ1n) is 11.2. The number of ether oxygens (including phenoxy) is 1. The maximum absolute atomic E-state index is 13.5. The van der Waals surface area contributed by atoms with Crippen LogP contribution in [0.4, 0.5) is 0 Å². The predicted octanol–water partition coefficient (Wildman–Crippen LogP) is 4.62. The minimum absolute atomic E-state index is 0. The van der Waals surface area contributed by atoms with Crippen molar-refractivity contribution in [3.63, 3.8) is 0 Å². The van der Waals surface area contributed by atoms with E-state index < -0.39 is 9.84 Å². The van der Waals surface area contributed by atoms with Gasteiger partial charge in [-0.25, -0.2) is 8.42 Å². The van der Waals surface area contributed by atoms with Crippen LogP contribution in [0.3, 0.4) is 0 Å². The molecule has 8 heteroatoms. The fourth-order valence-electron chi connectivity index (χ4n) is 5.85. The number of nitrogens with zero attached hydrogens (tertiary/aromatic N) is 2. The van der Waals surface area contributed by atoms with Gasteiger partial charge in [-0.2, -0.15) is 0 Å². The van der Waals surface area contributed by atoms with Crippen LogP contribution in [-0.4, -0.2) is 49.2 Å². The maximum atomic E-state index is 13.5. The fraction of sp³-hybridized carbons (Fsp3) is 0.360. The molecule has 33 heavy (non-hydrogen) atoms. The Kier molecular flexibility index (Phi) is 5.56. The van der Waals surface area contributed by atoms with Crippen molar-refractivity contribution in [2.24, 2.45) is 7.05 Å². The molecule has 2 atom stereocenters. The van der Waals surface area contributed by atoms with E-state index in [4.69, 9.17) is 4.74 Å². The molecule has 2 aliphatic heterocycles. The molecular weight excluding hydrogens is 458 g/mol. The van der Waals surface area contributed by atoms with Crippen LogP contribution in [0.5, 0.6) is 0 Å². The molecular formula is C25H28ClN3O3S. The molecule has 4 aromatic rings. The van der Waals surface area contributed by atoms with E-state index >= 15 is 0 Å². The van der Waals surface area contributed by atoms with E-state index in [1.54, 1.807) is 25.3 Å².